The summed E-state index contributed by atoms with van der Waals surface area (Å²) in [5.41, 5.74) is 2.71. The van der Waals surface area contributed by atoms with Crippen LogP contribution in [0.1, 0.15) is 12.0 Å². The third kappa shape index (κ3) is 4.09. The lowest BCUT2D eigenvalue weighted by Gasteiger charge is -2.26. The fourth-order valence-electron chi connectivity index (χ4n) is 2.38. The van der Waals surface area contributed by atoms with Gasteiger partial charge in [0, 0.05) is 30.4 Å². The van der Waals surface area contributed by atoms with Crippen LogP contribution in [0.4, 0.5) is 0 Å². The number of hydrogen-bond donors (Lipinski definition) is 1. The lowest BCUT2D eigenvalue weighted by atomic mass is 10.00. The molecule has 21 heavy (non-hydrogen) atoms. The molecule has 0 radical (unpaired) electrons. The zero-order chi connectivity index (χ0) is 14.5. The highest BCUT2D eigenvalue weighted by Gasteiger charge is 2.12. The van der Waals surface area contributed by atoms with Crippen LogP contribution in [0.3, 0.4) is 0 Å². The summed E-state index contributed by atoms with van der Waals surface area (Å²) in [6, 6.07) is 8.11. The van der Waals surface area contributed by atoms with E-state index in [9.17, 15) is 0 Å². The predicted molar refractivity (Wildman–Crippen MR) is 87.6 cm³/mol. The van der Waals surface area contributed by atoms with Gasteiger partial charge in [0.1, 0.15) is 6.33 Å². The van der Waals surface area contributed by atoms with E-state index in [0.29, 0.717) is 0 Å². The Labute approximate surface area is 133 Å². The zero-order valence-electron chi connectivity index (χ0n) is 11.6. The molecule has 0 unspecified atom stereocenters. The summed E-state index contributed by atoms with van der Waals surface area (Å²) < 4.78 is 0. The third-order valence-corrected chi connectivity index (χ3v) is 4.66. The van der Waals surface area contributed by atoms with Gasteiger partial charge in [0.15, 0.2) is 5.16 Å². The van der Waals surface area contributed by atoms with Gasteiger partial charge in [0.05, 0.1) is 0 Å². The van der Waals surface area contributed by atoms with Crippen molar-refractivity contribution in [3.8, 4) is 0 Å². The minimum atomic E-state index is 0.793. The molecule has 0 bridgehead atoms. The molecule has 3 rings (SSSR count). The van der Waals surface area contributed by atoms with Gasteiger partial charge in [-0.15, -0.1) is 0 Å². The third-order valence-electron chi connectivity index (χ3n) is 3.55. The van der Waals surface area contributed by atoms with Crippen LogP contribution in [0, 0.1) is 0 Å². The topological polar surface area (TPSA) is 44.8 Å². The molecule has 1 aromatic heterocycles. The molecule has 110 valence electrons. The van der Waals surface area contributed by atoms with Crippen LogP contribution in [-0.4, -0.2) is 45.5 Å². The first kappa shape index (κ1) is 14.6. The highest BCUT2D eigenvalue weighted by atomic mass is 35.5. The second kappa shape index (κ2) is 7.11. The van der Waals surface area contributed by atoms with Crippen LogP contribution in [0.5, 0.6) is 0 Å². The number of hydrogen-bond acceptors (Lipinski definition) is 4. The summed E-state index contributed by atoms with van der Waals surface area (Å²) in [6.45, 7) is 3.18. The average Bonchev–Trinajstić information content (AvgIpc) is 3.02. The van der Waals surface area contributed by atoms with Crippen molar-refractivity contribution in [1.29, 1.82) is 0 Å². The quantitative estimate of drug-likeness (QED) is 0.858. The Balaban J connectivity index is 1.48. The van der Waals surface area contributed by atoms with Crippen molar-refractivity contribution >= 4 is 28.9 Å². The van der Waals surface area contributed by atoms with Gasteiger partial charge in [-0.05, 0) is 29.7 Å². The molecule has 0 aliphatic carbocycles. The van der Waals surface area contributed by atoms with Crippen molar-refractivity contribution in [2.75, 3.05) is 25.4 Å². The Morgan fingerprint density at radius 1 is 1.29 bits per heavy atom. The van der Waals surface area contributed by atoms with Gasteiger partial charge in [0.2, 0.25) is 0 Å². The number of aromatic nitrogens is 3. The Kier molecular flexibility index (Phi) is 4.95. The molecule has 1 aliphatic rings. The zero-order valence-corrected chi connectivity index (χ0v) is 13.2. The molecule has 4 nitrogen and oxygen atoms in total. The molecular weight excluding hydrogens is 304 g/mol. The molecule has 0 saturated carbocycles. The fourth-order valence-corrected chi connectivity index (χ4v) is 3.28. The van der Waals surface area contributed by atoms with Gasteiger partial charge in [-0.3, -0.25) is 10.00 Å². The largest absolute Gasteiger partial charge is 0.299 e. The predicted octanol–water partition coefficient (Wildman–Crippen LogP) is 3.34. The van der Waals surface area contributed by atoms with Crippen molar-refractivity contribution < 1.29 is 0 Å². The number of thioether (sulfide) groups is 1. The normalized spacial score (nSPS) is 16.0. The summed E-state index contributed by atoms with van der Waals surface area (Å²) in [5, 5.41) is 8.40. The lowest BCUT2D eigenvalue weighted by molar-refractivity contribution is 0.321. The first-order chi connectivity index (χ1) is 10.3. The Morgan fingerprint density at radius 2 is 2.14 bits per heavy atom. The molecule has 0 saturated heterocycles. The van der Waals surface area contributed by atoms with Crippen molar-refractivity contribution in [2.45, 2.75) is 11.6 Å². The number of rotatable bonds is 5. The van der Waals surface area contributed by atoms with Gasteiger partial charge in [0.25, 0.3) is 0 Å². The number of nitrogens with one attached hydrogen (secondary N) is 1. The molecule has 1 N–H and O–H groups in total. The maximum Gasteiger partial charge on any atom is 0.183 e. The van der Waals surface area contributed by atoms with Gasteiger partial charge < -0.3 is 0 Å². The molecule has 1 aromatic carbocycles. The lowest BCUT2D eigenvalue weighted by Crippen LogP contribution is -2.30. The van der Waals surface area contributed by atoms with Crippen LogP contribution in [-0.2, 0) is 0 Å². The standard InChI is InChI=1S/C15H17ClN4S/c16-14-3-1-12(2-4-14)13-5-7-20(8-6-13)9-10-21-15-17-11-18-19-15/h1-5,11H,6-10H2,(H,17,18,19). The van der Waals surface area contributed by atoms with E-state index in [2.05, 4.69) is 38.3 Å². The second-order valence-electron chi connectivity index (χ2n) is 4.93. The maximum atomic E-state index is 5.93. The smallest absolute Gasteiger partial charge is 0.183 e. The molecule has 0 atom stereocenters. The van der Waals surface area contributed by atoms with Crippen LogP contribution in [0.15, 0.2) is 41.8 Å². The van der Waals surface area contributed by atoms with Crippen LogP contribution < -0.4 is 0 Å². The van der Waals surface area contributed by atoms with Gasteiger partial charge in [-0.2, -0.15) is 5.10 Å². The van der Waals surface area contributed by atoms with E-state index in [1.807, 2.05) is 12.1 Å². The Hall–Kier alpha value is -1.30. The molecule has 1 aliphatic heterocycles. The number of halogens is 1. The average molecular weight is 321 g/mol. The Bertz CT molecular complexity index is 595. The monoisotopic (exact) mass is 320 g/mol. The molecule has 0 amide bonds. The maximum absolute atomic E-state index is 5.93. The van der Waals surface area contributed by atoms with E-state index in [1.165, 1.54) is 11.1 Å². The van der Waals surface area contributed by atoms with Crippen molar-refractivity contribution in [2.24, 2.45) is 0 Å². The van der Waals surface area contributed by atoms with E-state index < -0.39 is 0 Å². The van der Waals surface area contributed by atoms with Crippen molar-refractivity contribution in [3.63, 3.8) is 0 Å². The van der Waals surface area contributed by atoms with E-state index in [4.69, 9.17) is 11.6 Å². The summed E-state index contributed by atoms with van der Waals surface area (Å²) in [6.07, 6.45) is 4.96. The molecule has 2 aromatic rings. The van der Waals surface area contributed by atoms with E-state index >= 15 is 0 Å². The van der Waals surface area contributed by atoms with Gasteiger partial charge >= 0.3 is 0 Å². The minimum Gasteiger partial charge on any atom is -0.299 e. The number of nitrogens with zero attached hydrogens (tertiary/aromatic N) is 3. The Morgan fingerprint density at radius 3 is 2.81 bits per heavy atom. The summed E-state index contributed by atoms with van der Waals surface area (Å²) >= 11 is 7.64. The summed E-state index contributed by atoms with van der Waals surface area (Å²) in [7, 11) is 0. The molecular formula is C15H17ClN4S. The summed E-state index contributed by atoms with van der Waals surface area (Å²) in [4.78, 5) is 6.57. The minimum absolute atomic E-state index is 0.793. The molecule has 0 spiro atoms. The van der Waals surface area contributed by atoms with Crippen LogP contribution in [0.2, 0.25) is 5.02 Å². The van der Waals surface area contributed by atoms with Crippen LogP contribution in [0.25, 0.3) is 5.57 Å². The first-order valence-electron chi connectivity index (χ1n) is 6.97. The highest BCUT2D eigenvalue weighted by molar-refractivity contribution is 7.99. The highest BCUT2D eigenvalue weighted by Crippen LogP contribution is 2.24. The number of aromatic amines is 1. The summed E-state index contributed by atoms with van der Waals surface area (Å²) in [5.74, 6) is 1.03. The molecule has 0 fully saturated rings. The number of benzene rings is 1. The van der Waals surface area contributed by atoms with Crippen LogP contribution >= 0.6 is 23.4 Å². The van der Waals surface area contributed by atoms with Gasteiger partial charge in [-0.25, -0.2) is 4.98 Å². The van der Waals surface area contributed by atoms with Crippen molar-refractivity contribution in [1.82, 2.24) is 20.1 Å². The van der Waals surface area contributed by atoms with E-state index in [0.717, 1.165) is 42.0 Å². The van der Waals surface area contributed by atoms with Gasteiger partial charge in [-0.1, -0.05) is 41.6 Å². The first-order valence-corrected chi connectivity index (χ1v) is 8.33. The molecule has 2 heterocycles. The van der Waals surface area contributed by atoms with Crippen molar-refractivity contribution in [3.05, 3.63) is 47.3 Å². The van der Waals surface area contributed by atoms with E-state index in [1.54, 1.807) is 18.1 Å². The second-order valence-corrected chi connectivity index (χ2v) is 6.45. The SMILES string of the molecule is Clc1ccc(C2=CCN(CCSc3ncn[nH]3)CC2)cc1. The van der Waals surface area contributed by atoms with E-state index in [-0.39, 0.29) is 0 Å². The fraction of sp³-hybridized carbons (Fsp3) is 0.333. The molecule has 6 heteroatoms. The number of H-pyrrole nitrogens is 1.